The first-order valence-electron chi connectivity index (χ1n) is 8.21. The van der Waals surface area contributed by atoms with Crippen LogP contribution in [0.15, 0.2) is 54.6 Å². The molecule has 2 rings (SSSR count). The third-order valence-electron chi connectivity index (χ3n) is 3.58. The van der Waals surface area contributed by atoms with E-state index in [0.717, 1.165) is 5.56 Å². The van der Waals surface area contributed by atoms with Crippen molar-refractivity contribution < 1.29 is 27.4 Å². The maximum atomic E-state index is 12.2. The lowest BCUT2D eigenvalue weighted by atomic mass is 10.1. The number of nitrogens with one attached hydrogen (secondary N) is 1. The normalized spacial score (nSPS) is 12.2. The number of hydrogen-bond acceptors (Lipinski definition) is 4. The number of alkyl halides is 3. The van der Waals surface area contributed by atoms with Gasteiger partial charge >= 0.3 is 6.36 Å². The molecule has 0 radical (unpaired) electrons. The molecular formula is C20H17F3N2O3. The van der Waals surface area contributed by atoms with Crippen LogP contribution in [0.25, 0.3) is 6.08 Å². The topological polar surface area (TPSA) is 71.3 Å². The summed E-state index contributed by atoms with van der Waals surface area (Å²) in [7, 11) is 0. The van der Waals surface area contributed by atoms with Gasteiger partial charge in [0.15, 0.2) is 6.61 Å². The largest absolute Gasteiger partial charge is 0.573 e. The zero-order valence-electron chi connectivity index (χ0n) is 14.9. The van der Waals surface area contributed by atoms with E-state index >= 15 is 0 Å². The van der Waals surface area contributed by atoms with Crippen LogP contribution >= 0.6 is 0 Å². The minimum absolute atomic E-state index is 0.0429. The number of rotatable bonds is 7. The van der Waals surface area contributed by atoms with Crippen molar-refractivity contribution in [2.24, 2.45) is 0 Å². The third kappa shape index (κ3) is 7.03. The lowest BCUT2D eigenvalue weighted by Gasteiger charge is -2.14. The van der Waals surface area contributed by atoms with Crippen molar-refractivity contribution >= 4 is 12.0 Å². The van der Waals surface area contributed by atoms with E-state index in [0.29, 0.717) is 11.3 Å². The highest BCUT2D eigenvalue weighted by Crippen LogP contribution is 2.24. The smallest absolute Gasteiger partial charge is 0.479 e. The number of nitriles is 1. The summed E-state index contributed by atoms with van der Waals surface area (Å²) in [6, 6.07) is 13.6. The molecule has 8 heteroatoms. The predicted octanol–water partition coefficient (Wildman–Crippen LogP) is 4.38. The average Bonchev–Trinajstić information content (AvgIpc) is 2.65. The van der Waals surface area contributed by atoms with Crippen molar-refractivity contribution in [3.8, 4) is 17.6 Å². The summed E-state index contributed by atoms with van der Waals surface area (Å²) in [4.78, 5) is 12.0. The lowest BCUT2D eigenvalue weighted by Crippen LogP contribution is -2.24. The summed E-state index contributed by atoms with van der Waals surface area (Å²) >= 11 is 0. The second-order valence-corrected chi connectivity index (χ2v) is 5.70. The fraction of sp³-hybridized carbons (Fsp3) is 0.200. The number of ether oxygens (including phenoxy) is 2. The second kappa shape index (κ2) is 9.46. The maximum Gasteiger partial charge on any atom is 0.573 e. The van der Waals surface area contributed by atoms with Crippen LogP contribution in [0, 0.1) is 11.3 Å². The van der Waals surface area contributed by atoms with Crippen molar-refractivity contribution in [1.82, 2.24) is 5.32 Å². The Morgan fingerprint density at radius 3 is 2.32 bits per heavy atom. The molecule has 0 aromatic heterocycles. The fourth-order valence-corrected chi connectivity index (χ4v) is 2.27. The Hall–Kier alpha value is -3.47. The molecule has 0 aliphatic carbocycles. The number of amides is 1. The van der Waals surface area contributed by atoms with Crippen LogP contribution in [0.1, 0.15) is 24.1 Å². The molecule has 0 spiro atoms. The summed E-state index contributed by atoms with van der Waals surface area (Å²) in [5.74, 6) is -0.125. The molecule has 1 amide bonds. The van der Waals surface area contributed by atoms with Crippen LogP contribution < -0.4 is 14.8 Å². The molecule has 1 unspecified atom stereocenters. The Bertz CT molecular complexity index is 854. The minimum Gasteiger partial charge on any atom is -0.479 e. The van der Waals surface area contributed by atoms with Gasteiger partial charge in [0, 0.05) is 6.08 Å². The molecule has 1 N–H and O–H groups in total. The molecule has 5 nitrogen and oxygen atoms in total. The van der Waals surface area contributed by atoms with E-state index < -0.39 is 12.4 Å². The Balaban J connectivity index is 1.89. The van der Waals surface area contributed by atoms with E-state index in [-0.39, 0.29) is 18.3 Å². The minimum atomic E-state index is -4.74. The Labute approximate surface area is 160 Å². The molecule has 1 atom stereocenters. The molecule has 28 heavy (non-hydrogen) atoms. The van der Waals surface area contributed by atoms with Gasteiger partial charge in [0.1, 0.15) is 17.6 Å². The van der Waals surface area contributed by atoms with E-state index in [1.165, 1.54) is 30.3 Å². The van der Waals surface area contributed by atoms with Gasteiger partial charge in [0.05, 0.1) is 6.04 Å². The number of halogens is 3. The number of hydrogen-bond donors (Lipinski definition) is 1. The first kappa shape index (κ1) is 20.8. The van der Waals surface area contributed by atoms with Crippen LogP contribution in [-0.2, 0) is 4.79 Å². The molecule has 2 aromatic rings. The number of benzene rings is 2. The van der Waals surface area contributed by atoms with Crippen molar-refractivity contribution in [3.63, 3.8) is 0 Å². The molecule has 0 heterocycles. The number of nitrogens with zero attached hydrogens (tertiary/aromatic N) is 1. The molecule has 0 bridgehead atoms. The summed E-state index contributed by atoms with van der Waals surface area (Å²) in [5.41, 5.74) is 1.40. The highest BCUT2D eigenvalue weighted by Gasteiger charge is 2.31. The quantitative estimate of drug-likeness (QED) is 0.713. The molecule has 0 fully saturated rings. The molecule has 0 saturated carbocycles. The average molecular weight is 390 g/mol. The molecule has 0 aliphatic heterocycles. The Morgan fingerprint density at radius 1 is 1.14 bits per heavy atom. The zero-order chi connectivity index (χ0) is 20.6. The van der Waals surface area contributed by atoms with Crippen LogP contribution in [0.5, 0.6) is 11.5 Å². The Kier molecular flexibility index (Phi) is 7.04. The van der Waals surface area contributed by atoms with Crippen molar-refractivity contribution in [3.05, 3.63) is 65.7 Å². The van der Waals surface area contributed by atoms with Crippen LogP contribution in [-0.4, -0.2) is 18.9 Å². The van der Waals surface area contributed by atoms with Crippen molar-refractivity contribution in [2.75, 3.05) is 6.61 Å². The van der Waals surface area contributed by atoms with Crippen LogP contribution in [0.4, 0.5) is 13.2 Å². The van der Waals surface area contributed by atoms with E-state index in [1.807, 2.05) is 6.07 Å². The van der Waals surface area contributed by atoms with Gasteiger partial charge in [-0.3, -0.25) is 4.79 Å². The zero-order valence-corrected chi connectivity index (χ0v) is 14.9. The van der Waals surface area contributed by atoms with Gasteiger partial charge in [-0.05, 0) is 48.4 Å². The number of carbonyl (C=O) groups excluding carboxylic acids is 1. The molecule has 0 aliphatic rings. The lowest BCUT2D eigenvalue weighted by molar-refractivity contribution is -0.274. The number of carbonyl (C=O) groups is 1. The molecule has 2 aromatic carbocycles. The SMILES string of the molecule is CC(NC(=O)/C=C/c1ccc(OCC#N)cc1)c1ccc(OC(F)(F)F)cc1. The van der Waals surface area contributed by atoms with Gasteiger partial charge < -0.3 is 14.8 Å². The van der Waals surface area contributed by atoms with Crippen molar-refractivity contribution in [2.45, 2.75) is 19.3 Å². The van der Waals surface area contributed by atoms with Gasteiger partial charge in [-0.15, -0.1) is 13.2 Å². The van der Waals surface area contributed by atoms with E-state index in [1.54, 1.807) is 37.3 Å². The van der Waals surface area contributed by atoms with Gasteiger partial charge in [0.2, 0.25) is 5.91 Å². The van der Waals surface area contributed by atoms with Crippen LogP contribution in [0.3, 0.4) is 0 Å². The van der Waals surface area contributed by atoms with E-state index in [4.69, 9.17) is 10.00 Å². The summed E-state index contributed by atoms with van der Waals surface area (Å²) < 4.78 is 45.5. The van der Waals surface area contributed by atoms with E-state index in [2.05, 4.69) is 10.1 Å². The highest BCUT2D eigenvalue weighted by molar-refractivity contribution is 5.92. The first-order valence-corrected chi connectivity index (χ1v) is 8.21. The summed E-state index contributed by atoms with van der Waals surface area (Å²) in [5, 5.41) is 11.2. The monoisotopic (exact) mass is 390 g/mol. The predicted molar refractivity (Wildman–Crippen MR) is 96.3 cm³/mol. The van der Waals surface area contributed by atoms with Gasteiger partial charge in [-0.1, -0.05) is 24.3 Å². The van der Waals surface area contributed by atoms with Gasteiger partial charge in [0.25, 0.3) is 0 Å². The van der Waals surface area contributed by atoms with E-state index in [9.17, 15) is 18.0 Å². The molecule has 146 valence electrons. The fourth-order valence-electron chi connectivity index (χ4n) is 2.27. The second-order valence-electron chi connectivity index (χ2n) is 5.70. The van der Waals surface area contributed by atoms with Crippen molar-refractivity contribution in [1.29, 1.82) is 5.26 Å². The Morgan fingerprint density at radius 2 is 1.75 bits per heavy atom. The van der Waals surface area contributed by atoms with Gasteiger partial charge in [-0.25, -0.2) is 0 Å². The van der Waals surface area contributed by atoms with Gasteiger partial charge in [-0.2, -0.15) is 5.26 Å². The first-order chi connectivity index (χ1) is 13.3. The van der Waals surface area contributed by atoms with Crippen LogP contribution in [0.2, 0.25) is 0 Å². The molecular weight excluding hydrogens is 373 g/mol. The maximum absolute atomic E-state index is 12.2. The third-order valence-corrected chi connectivity index (χ3v) is 3.58. The standard InChI is InChI=1S/C20H17F3N2O3/c1-14(16-5-9-18(10-6-16)28-20(21,22)23)25-19(26)11-4-15-2-7-17(8-3-15)27-13-12-24/h2-11,14H,13H2,1H3,(H,25,26)/b11-4+. The summed E-state index contributed by atoms with van der Waals surface area (Å²) in [6.07, 6.45) is -1.79. The summed E-state index contributed by atoms with van der Waals surface area (Å²) in [6.45, 7) is 1.67. The highest BCUT2D eigenvalue weighted by atomic mass is 19.4. The molecule has 0 saturated heterocycles.